The molecule has 5 aromatic rings. The Labute approximate surface area is 422 Å². The fourth-order valence-corrected chi connectivity index (χ4v) is 11.7. The zero-order valence-electron chi connectivity index (χ0n) is 44.3. The van der Waals surface area contributed by atoms with Crippen molar-refractivity contribution >= 4 is 56.1 Å². The van der Waals surface area contributed by atoms with Crippen LogP contribution in [0, 0.1) is 0 Å². The first-order valence-electron chi connectivity index (χ1n) is 25.7. The van der Waals surface area contributed by atoms with E-state index in [1.807, 2.05) is 108 Å². The van der Waals surface area contributed by atoms with E-state index in [2.05, 4.69) is 53.3 Å². The summed E-state index contributed by atoms with van der Waals surface area (Å²) in [6, 6.07) is 22.1. The number of aromatic nitrogens is 4. The number of para-hydroxylation sites is 1. The van der Waals surface area contributed by atoms with Gasteiger partial charge in [0.25, 0.3) is 0 Å². The fourth-order valence-electron chi connectivity index (χ4n) is 10.2. The van der Waals surface area contributed by atoms with Gasteiger partial charge in [-0.25, -0.2) is 19.6 Å². The van der Waals surface area contributed by atoms with Gasteiger partial charge in [-0.2, -0.15) is 0 Å². The Bertz CT molecular complexity index is 2500. The number of ether oxygens (including phenoxy) is 4. The number of benzene rings is 3. The third-order valence-electron chi connectivity index (χ3n) is 13.7. The Morgan fingerprint density at radius 3 is 1.41 bits per heavy atom. The number of anilines is 1. The standard InChI is InChI=1S/C54H79N7O8Si2/c1-53(2,3)68-51(64)57-26-16-20-43(57)49-55-39-32-36(22-24-41(39)59(49)34-66-28-30-70(7,8)9)45-47(62)48(63)46(61(45)38-18-14-13-15-19-38)37-23-25-42-40(33-37)56-50(60(42)35-67-29-31-71(10,11)12)44-21-17-27-58(44)52(65)69-54(4,5)6/h13-15,18-19,22-25,32-33,43-48,62-63H,16-17,20-21,26-31,34-35H2,1-12H3/t43-,44-,45-,46-,47+,48+/m0/s1. The Balaban J connectivity index is 1.18. The molecule has 2 aromatic heterocycles. The Hall–Kier alpha value is -4.79. The van der Waals surface area contributed by atoms with Gasteiger partial charge in [0.1, 0.15) is 48.5 Å². The van der Waals surface area contributed by atoms with Gasteiger partial charge in [0.05, 0.1) is 46.2 Å². The molecule has 386 valence electrons. The van der Waals surface area contributed by atoms with E-state index in [1.54, 1.807) is 9.80 Å². The predicted octanol–water partition coefficient (Wildman–Crippen LogP) is 11.2. The highest BCUT2D eigenvalue weighted by molar-refractivity contribution is 6.76. The van der Waals surface area contributed by atoms with E-state index >= 15 is 0 Å². The number of carbonyl (C=O) groups is 2. The van der Waals surface area contributed by atoms with Gasteiger partial charge in [-0.3, -0.25) is 9.80 Å². The lowest BCUT2D eigenvalue weighted by Gasteiger charge is -2.33. The number of imidazole rings is 2. The van der Waals surface area contributed by atoms with Gasteiger partial charge in [0, 0.05) is 48.1 Å². The zero-order chi connectivity index (χ0) is 51.2. The molecule has 3 aliphatic heterocycles. The number of fused-ring (bicyclic) bond motifs is 2. The summed E-state index contributed by atoms with van der Waals surface area (Å²) in [5, 5.41) is 24.7. The van der Waals surface area contributed by atoms with E-state index in [-0.39, 0.29) is 37.7 Å². The quantitative estimate of drug-likeness (QED) is 0.0760. The molecule has 3 fully saturated rings. The van der Waals surface area contributed by atoms with Crippen LogP contribution in [0.25, 0.3) is 22.1 Å². The SMILES string of the molecule is CC(C)(C)OC(=O)N1CCC[C@H]1c1nc2cc([C@H]3[C@@H](O)[C@H](O)[C@H](c4ccc5c(c4)nc([C@@H]4CCCN4C(=O)OC(C)(C)C)n5COCC[Si](C)(C)C)N3c3ccccc3)ccc2n1COCC[Si](C)(C)C. The maximum absolute atomic E-state index is 13.6. The number of rotatable bonds is 15. The minimum absolute atomic E-state index is 0.279. The minimum Gasteiger partial charge on any atom is -0.444 e. The maximum Gasteiger partial charge on any atom is 0.410 e. The van der Waals surface area contributed by atoms with Gasteiger partial charge in [-0.15, -0.1) is 0 Å². The van der Waals surface area contributed by atoms with E-state index in [4.69, 9.17) is 28.9 Å². The minimum atomic E-state index is -1.36. The summed E-state index contributed by atoms with van der Waals surface area (Å²) in [6.07, 6.45) is 0.00904. The van der Waals surface area contributed by atoms with Crippen molar-refractivity contribution in [2.75, 3.05) is 31.2 Å². The van der Waals surface area contributed by atoms with Crippen molar-refractivity contribution in [3.05, 3.63) is 89.5 Å². The molecule has 71 heavy (non-hydrogen) atoms. The predicted molar refractivity (Wildman–Crippen MR) is 284 cm³/mol. The lowest BCUT2D eigenvalue weighted by molar-refractivity contribution is 0.0196. The summed E-state index contributed by atoms with van der Waals surface area (Å²) < 4.78 is 28.7. The molecule has 0 bridgehead atoms. The van der Waals surface area contributed by atoms with E-state index in [9.17, 15) is 19.8 Å². The largest absolute Gasteiger partial charge is 0.444 e. The van der Waals surface area contributed by atoms with Crippen LogP contribution in [0.3, 0.4) is 0 Å². The van der Waals surface area contributed by atoms with Crippen molar-refractivity contribution < 1.29 is 38.7 Å². The summed E-state index contributed by atoms with van der Waals surface area (Å²) >= 11 is 0. The van der Waals surface area contributed by atoms with Crippen LogP contribution in [0.2, 0.25) is 51.4 Å². The molecule has 2 N–H and O–H groups in total. The number of carbonyl (C=O) groups excluding carboxylic acids is 2. The number of likely N-dealkylation sites (tertiary alicyclic amines) is 2. The number of hydrogen-bond acceptors (Lipinski definition) is 11. The van der Waals surface area contributed by atoms with Crippen LogP contribution < -0.4 is 4.90 Å². The highest BCUT2D eigenvalue weighted by atomic mass is 28.3. The third kappa shape index (κ3) is 12.0. The van der Waals surface area contributed by atoms with Gasteiger partial charge >= 0.3 is 12.2 Å². The van der Waals surface area contributed by atoms with Crippen LogP contribution >= 0.6 is 0 Å². The summed E-state index contributed by atoms with van der Waals surface area (Å²) in [7, 11) is -2.72. The zero-order valence-corrected chi connectivity index (χ0v) is 46.3. The van der Waals surface area contributed by atoms with Gasteiger partial charge < -0.3 is 43.2 Å². The van der Waals surface area contributed by atoms with Crippen molar-refractivity contribution in [1.29, 1.82) is 0 Å². The molecule has 0 radical (unpaired) electrons. The summed E-state index contributed by atoms with van der Waals surface area (Å²) in [5.41, 5.74) is 4.25. The molecule has 8 rings (SSSR count). The molecule has 5 heterocycles. The van der Waals surface area contributed by atoms with Gasteiger partial charge in [-0.1, -0.05) is 69.6 Å². The molecule has 17 heteroatoms. The average molecular weight is 1010 g/mol. The fraction of sp³-hybridized carbons (Fsp3) is 0.593. The first kappa shape index (κ1) is 52.5. The second-order valence-corrected chi connectivity index (χ2v) is 35.5. The highest BCUT2D eigenvalue weighted by Gasteiger charge is 2.50. The molecule has 3 aliphatic rings. The summed E-state index contributed by atoms with van der Waals surface area (Å²) in [5.74, 6) is 1.47. The molecule has 0 saturated carbocycles. The lowest BCUT2D eigenvalue weighted by Crippen LogP contribution is -2.37. The number of hydrogen-bond donors (Lipinski definition) is 2. The summed E-state index contributed by atoms with van der Waals surface area (Å²) in [4.78, 5) is 43.5. The monoisotopic (exact) mass is 1010 g/mol. The van der Waals surface area contributed by atoms with Crippen LogP contribution in [0.5, 0.6) is 0 Å². The smallest absolute Gasteiger partial charge is 0.410 e. The van der Waals surface area contributed by atoms with Crippen LogP contribution in [-0.4, -0.2) is 117 Å². The van der Waals surface area contributed by atoms with Crippen LogP contribution in [-0.2, 0) is 32.4 Å². The van der Waals surface area contributed by atoms with Crippen molar-refractivity contribution in [3.8, 4) is 0 Å². The van der Waals surface area contributed by atoms with Crippen molar-refractivity contribution in [2.45, 2.75) is 180 Å². The Morgan fingerprint density at radius 1 is 0.620 bits per heavy atom. The second-order valence-electron chi connectivity index (χ2n) is 24.3. The Kier molecular flexibility index (Phi) is 15.3. The molecule has 2 amide bonds. The van der Waals surface area contributed by atoms with Gasteiger partial charge in [0.15, 0.2) is 0 Å². The second kappa shape index (κ2) is 20.6. The molecule has 0 aliphatic carbocycles. The van der Waals surface area contributed by atoms with Crippen molar-refractivity contribution in [1.82, 2.24) is 28.9 Å². The summed E-state index contributed by atoms with van der Waals surface area (Å²) in [6.45, 7) is 28.2. The number of amides is 2. The molecule has 0 spiro atoms. The molecular formula is C54H79N7O8Si2. The molecule has 0 unspecified atom stereocenters. The van der Waals surface area contributed by atoms with E-state index in [0.717, 1.165) is 77.3 Å². The molecule has 15 nitrogen and oxygen atoms in total. The third-order valence-corrected chi connectivity index (χ3v) is 17.1. The van der Waals surface area contributed by atoms with Crippen LogP contribution in [0.4, 0.5) is 15.3 Å². The number of nitrogens with zero attached hydrogens (tertiary/aromatic N) is 7. The lowest BCUT2D eigenvalue weighted by atomic mass is 9.98. The maximum atomic E-state index is 13.6. The average Bonchev–Trinajstić information content (AvgIpc) is 4.12. The van der Waals surface area contributed by atoms with Crippen LogP contribution in [0.1, 0.15) is 114 Å². The number of aliphatic hydroxyl groups is 2. The first-order valence-corrected chi connectivity index (χ1v) is 33.1. The Morgan fingerprint density at radius 2 is 1.03 bits per heavy atom. The molecule has 3 saturated heterocycles. The van der Waals surface area contributed by atoms with Crippen molar-refractivity contribution in [2.24, 2.45) is 0 Å². The molecule has 3 aromatic carbocycles. The van der Waals surface area contributed by atoms with Gasteiger partial charge in [-0.05, 0) is 127 Å². The highest BCUT2D eigenvalue weighted by Crippen LogP contribution is 2.49. The van der Waals surface area contributed by atoms with E-state index in [1.165, 1.54) is 0 Å². The normalized spacial score (nSPS) is 22.4. The first-order chi connectivity index (χ1) is 33.4. The van der Waals surface area contributed by atoms with E-state index in [0.29, 0.717) is 37.3 Å². The molecular weight excluding hydrogens is 931 g/mol. The van der Waals surface area contributed by atoms with E-state index < -0.39 is 51.6 Å². The van der Waals surface area contributed by atoms with Crippen LogP contribution in [0.15, 0.2) is 66.7 Å². The van der Waals surface area contributed by atoms with Crippen molar-refractivity contribution in [3.63, 3.8) is 0 Å². The molecule has 6 atom stereocenters. The van der Waals surface area contributed by atoms with Gasteiger partial charge in [0.2, 0.25) is 0 Å². The number of aliphatic hydroxyl groups excluding tert-OH is 2. The topological polar surface area (TPSA) is 157 Å².